The maximum atomic E-state index is 6.48. The third-order valence-corrected chi connectivity index (χ3v) is 0.860. The van der Waals surface area contributed by atoms with Crippen molar-refractivity contribution in [1.82, 2.24) is 0 Å². The molecular formula is C4H6NO. The topological polar surface area (TPSA) is 33.1 Å². The van der Waals surface area contributed by atoms with Crippen molar-refractivity contribution in [2.45, 2.75) is 12.5 Å². The fourth-order valence-corrected chi connectivity index (χ4v) is 0.350. The van der Waals surface area contributed by atoms with E-state index in [2.05, 4.69) is 6.21 Å². The normalized spacial score (nSPS) is 31.7. The van der Waals surface area contributed by atoms with Crippen LogP contribution in [0.3, 0.4) is 0 Å². The zero-order valence-electron chi connectivity index (χ0n) is 3.40. The van der Waals surface area contributed by atoms with Crippen LogP contribution in [0.4, 0.5) is 0 Å². The third kappa shape index (κ3) is 0.431. The van der Waals surface area contributed by atoms with Crippen molar-refractivity contribution < 1.29 is 4.74 Å². The van der Waals surface area contributed by atoms with E-state index in [1.165, 1.54) is 0 Å². The second-order valence-electron chi connectivity index (χ2n) is 1.29. The van der Waals surface area contributed by atoms with Gasteiger partial charge in [-0.05, 0) is 0 Å². The van der Waals surface area contributed by atoms with E-state index in [1.54, 1.807) is 0 Å². The van der Waals surface area contributed by atoms with E-state index in [0.717, 1.165) is 13.0 Å². The van der Waals surface area contributed by atoms with E-state index in [0.29, 0.717) is 0 Å². The molecule has 0 saturated carbocycles. The molecule has 33 valence electrons. The highest BCUT2D eigenvalue weighted by atomic mass is 16.5. The molecule has 1 fully saturated rings. The molecule has 1 aliphatic rings. The van der Waals surface area contributed by atoms with E-state index in [-0.39, 0.29) is 6.10 Å². The Morgan fingerprint density at radius 3 is 2.50 bits per heavy atom. The molecule has 1 rings (SSSR count). The van der Waals surface area contributed by atoms with Crippen LogP contribution >= 0.6 is 0 Å². The Kier molecular flexibility index (Phi) is 0.881. The fraction of sp³-hybridized carbons (Fsp3) is 0.750. The molecule has 1 N–H and O–H groups in total. The lowest BCUT2D eigenvalue weighted by molar-refractivity contribution is -0.00284. The van der Waals surface area contributed by atoms with Crippen LogP contribution in [0.25, 0.3) is 0 Å². The molecule has 0 aliphatic carbocycles. The van der Waals surface area contributed by atoms with E-state index in [4.69, 9.17) is 10.1 Å². The molecular weight excluding hydrogens is 78.0 g/mol. The Labute approximate surface area is 36.6 Å². The molecule has 0 bridgehead atoms. The first kappa shape index (κ1) is 3.81. The minimum atomic E-state index is 0.0324. The van der Waals surface area contributed by atoms with Crippen molar-refractivity contribution in [2.75, 3.05) is 6.61 Å². The van der Waals surface area contributed by atoms with Gasteiger partial charge in [-0.3, -0.25) is 0 Å². The Bertz CT molecular complexity index is 58.6. The SMILES string of the molecule is N=[C]C1CCO1. The second-order valence-corrected chi connectivity index (χ2v) is 1.29. The molecule has 0 aromatic carbocycles. The standard InChI is InChI=1S/C4H6NO/c5-3-4-1-2-6-4/h4-5H,1-2H2. The van der Waals surface area contributed by atoms with Gasteiger partial charge in [-0.2, -0.15) is 0 Å². The lowest BCUT2D eigenvalue weighted by Gasteiger charge is -2.20. The van der Waals surface area contributed by atoms with Crippen molar-refractivity contribution in [2.24, 2.45) is 0 Å². The lowest BCUT2D eigenvalue weighted by atomic mass is 10.2. The van der Waals surface area contributed by atoms with Crippen LogP contribution in [0.5, 0.6) is 0 Å². The summed E-state index contributed by atoms with van der Waals surface area (Å²) in [4.78, 5) is 0. The van der Waals surface area contributed by atoms with Crippen molar-refractivity contribution >= 4 is 6.21 Å². The van der Waals surface area contributed by atoms with E-state index >= 15 is 0 Å². The van der Waals surface area contributed by atoms with Crippen LogP contribution in [-0.4, -0.2) is 18.9 Å². The van der Waals surface area contributed by atoms with Crippen molar-refractivity contribution in [3.63, 3.8) is 0 Å². The first-order valence-electron chi connectivity index (χ1n) is 1.97. The summed E-state index contributed by atoms with van der Waals surface area (Å²) < 4.78 is 4.78. The minimum absolute atomic E-state index is 0.0324. The highest BCUT2D eigenvalue weighted by molar-refractivity contribution is 5.60. The number of hydrogen-bond acceptors (Lipinski definition) is 2. The molecule has 2 heteroatoms. The van der Waals surface area contributed by atoms with Crippen LogP contribution in [0.1, 0.15) is 6.42 Å². The molecule has 2 nitrogen and oxygen atoms in total. The number of ether oxygens (including phenoxy) is 1. The van der Waals surface area contributed by atoms with Crippen molar-refractivity contribution in [3.8, 4) is 0 Å². The first-order valence-corrected chi connectivity index (χ1v) is 1.97. The van der Waals surface area contributed by atoms with E-state index in [1.807, 2.05) is 0 Å². The van der Waals surface area contributed by atoms with Gasteiger partial charge < -0.3 is 10.1 Å². The Morgan fingerprint density at radius 2 is 2.50 bits per heavy atom. The van der Waals surface area contributed by atoms with Crippen LogP contribution in [-0.2, 0) is 4.74 Å². The molecule has 1 saturated heterocycles. The van der Waals surface area contributed by atoms with Crippen LogP contribution in [0.2, 0.25) is 0 Å². The number of nitrogens with one attached hydrogen (secondary N) is 1. The van der Waals surface area contributed by atoms with Gasteiger partial charge in [0, 0.05) is 6.42 Å². The monoisotopic (exact) mass is 84.0 g/mol. The average molecular weight is 84.1 g/mol. The first-order chi connectivity index (χ1) is 2.93. The Balaban J connectivity index is 2.16. The number of hydrogen-bond donors (Lipinski definition) is 1. The smallest absolute Gasteiger partial charge is 0.103 e. The predicted molar refractivity (Wildman–Crippen MR) is 22.1 cm³/mol. The van der Waals surface area contributed by atoms with Gasteiger partial charge in [0.1, 0.15) is 6.10 Å². The van der Waals surface area contributed by atoms with E-state index < -0.39 is 0 Å². The largest absolute Gasteiger partial charge is 0.372 e. The molecule has 1 radical (unpaired) electrons. The van der Waals surface area contributed by atoms with Crippen LogP contribution in [0.15, 0.2) is 0 Å². The van der Waals surface area contributed by atoms with Gasteiger partial charge in [-0.15, -0.1) is 0 Å². The molecule has 1 unspecified atom stereocenters. The summed E-state index contributed by atoms with van der Waals surface area (Å²) in [6.45, 7) is 0.816. The van der Waals surface area contributed by atoms with Gasteiger partial charge in [0.15, 0.2) is 0 Å². The Morgan fingerprint density at radius 1 is 1.83 bits per heavy atom. The molecule has 6 heavy (non-hydrogen) atoms. The van der Waals surface area contributed by atoms with Gasteiger partial charge in [-0.1, -0.05) is 0 Å². The minimum Gasteiger partial charge on any atom is -0.372 e. The fourth-order valence-electron chi connectivity index (χ4n) is 0.350. The summed E-state index contributed by atoms with van der Waals surface area (Å²) in [7, 11) is 0. The van der Waals surface area contributed by atoms with Gasteiger partial charge in [0.2, 0.25) is 0 Å². The van der Waals surface area contributed by atoms with E-state index in [9.17, 15) is 0 Å². The van der Waals surface area contributed by atoms with Gasteiger partial charge in [0.25, 0.3) is 0 Å². The highest BCUT2D eigenvalue weighted by Crippen LogP contribution is 2.06. The van der Waals surface area contributed by atoms with Crippen LogP contribution in [0, 0.1) is 5.41 Å². The summed E-state index contributed by atoms with van der Waals surface area (Å²) in [6, 6.07) is 0. The molecule has 0 spiro atoms. The summed E-state index contributed by atoms with van der Waals surface area (Å²) in [5.41, 5.74) is 0. The van der Waals surface area contributed by atoms with Gasteiger partial charge in [-0.25, -0.2) is 0 Å². The molecule has 1 heterocycles. The maximum absolute atomic E-state index is 6.48. The molecule has 0 aromatic heterocycles. The molecule has 1 aliphatic heterocycles. The predicted octanol–water partition coefficient (Wildman–Crippen LogP) is 0.302. The maximum Gasteiger partial charge on any atom is 0.103 e. The summed E-state index contributed by atoms with van der Waals surface area (Å²) in [5, 5.41) is 6.48. The lowest BCUT2D eigenvalue weighted by Crippen LogP contribution is -2.27. The summed E-state index contributed by atoms with van der Waals surface area (Å²) >= 11 is 0. The Hall–Kier alpha value is -0.370. The summed E-state index contributed by atoms with van der Waals surface area (Å²) in [5.74, 6) is 0. The van der Waals surface area contributed by atoms with Gasteiger partial charge >= 0.3 is 0 Å². The van der Waals surface area contributed by atoms with Crippen molar-refractivity contribution in [1.29, 1.82) is 5.41 Å². The van der Waals surface area contributed by atoms with Crippen LogP contribution < -0.4 is 0 Å². The molecule has 0 aromatic rings. The number of rotatable bonds is 1. The quantitative estimate of drug-likeness (QED) is 0.455. The highest BCUT2D eigenvalue weighted by Gasteiger charge is 2.14. The third-order valence-electron chi connectivity index (χ3n) is 0.860. The zero-order valence-corrected chi connectivity index (χ0v) is 3.40. The van der Waals surface area contributed by atoms with Crippen molar-refractivity contribution in [3.05, 3.63) is 0 Å². The average Bonchev–Trinajstić information content (AvgIpc) is 1.31. The molecule has 1 atom stereocenters. The van der Waals surface area contributed by atoms with Gasteiger partial charge in [0.05, 0.1) is 12.8 Å². The summed E-state index contributed by atoms with van der Waals surface area (Å²) in [6.07, 6.45) is 3.25. The zero-order chi connectivity index (χ0) is 4.41. The molecule has 0 amide bonds. The second kappa shape index (κ2) is 1.39.